The molecule has 1 aromatic rings. The predicted octanol–water partition coefficient (Wildman–Crippen LogP) is 0.934. The molecule has 2 unspecified atom stereocenters. The number of carbonyl (C=O) groups is 1. The second kappa shape index (κ2) is 4.79. The molecule has 82 valence electrons. The van der Waals surface area contributed by atoms with E-state index in [4.69, 9.17) is 10.5 Å². The van der Waals surface area contributed by atoms with Gasteiger partial charge < -0.3 is 15.6 Å². The van der Waals surface area contributed by atoms with Crippen molar-refractivity contribution >= 4 is 5.91 Å². The molecule has 0 spiro atoms. The summed E-state index contributed by atoms with van der Waals surface area (Å²) < 4.78 is 5.41. The quantitative estimate of drug-likeness (QED) is 0.774. The van der Waals surface area contributed by atoms with Crippen molar-refractivity contribution in [1.29, 1.82) is 0 Å². The fourth-order valence-corrected chi connectivity index (χ4v) is 1.01. The molecule has 2 atom stereocenters. The van der Waals surface area contributed by atoms with Crippen LogP contribution in [0.25, 0.3) is 0 Å². The third kappa shape index (κ3) is 3.25. The molecule has 1 rings (SSSR count). The first-order chi connectivity index (χ1) is 7.00. The minimum absolute atomic E-state index is 0.288. The highest BCUT2D eigenvalue weighted by atomic mass is 16.5. The minimum Gasteiger partial charge on any atom is -0.488 e. The molecule has 4 heteroatoms. The van der Waals surface area contributed by atoms with Crippen LogP contribution in [0.15, 0.2) is 24.3 Å². The van der Waals surface area contributed by atoms with Crippen LogP contribution in [0.3, 0.4) is 0 Å². The molecule has 0 aliphatic rings. The first-order valence-electron chi connectivity index (χ1n) is 4.75. The zero-order chi connectivity index (χ0) is 11.4. The Hall–Kier alpha value is -1.55. The number of amides is 1. The topological polar surface area (TPSA) is 72.6 Å². The maximum atomic E-state index is 10.8. The zero-order valence-corrected chi connectivity index (χ0v) is 8.81. The van der Waals surface area contributed by atoms with Crippen molar-refractivity contribution in [2.45, 2.75) is 26.1 Å². The van der Waals surface area contributed by atoms with Gasteiger partial charge in [0.25, 0.3) is 0 Å². The monoisotopic (exact) mass is 209 g/mol. The summed E-state index contributed by atoms with van der Waals surface area (Å²) >= 11 is 0. The number of aliphatic hydroxyl groups is 1. The summed E-state index contributed by atoms with van der Waals surface area (Å²) in [6.45, 7) is 3.43. The van der Waals surface area contributed by atoms with Gasteiger partial charge in [0.2, 0.25) is 5.91 Å². The average molecular weight is 209 g/mol. The van der Waals surface area contributed by atoms with Gasteiger partial charge in [0, 0.05) is 5.56 Å². The Labute approximate surface area is 88.7 Å². The molecule has 0 fully saturated rings. The van der Waals surface area contributed by atoms with E-state index >= 15 is 0 Å². The fraction of sp³-hybridized carbons (Fsp3) is 0.364. The van der Waals surface area contributed by atoms with Gasteiger partial charge in [0.1, 0.15) is 11.9 Å². The van der Waals surface area contributed by atoms with Crippen LogP contribution in [0.4, 0.5) is 0 Å². The highest BCUT2D eigenvalue weighted by Gasteiger charge is 2.10. The first kappa shape index (κ1) is 11.5. The number of ether oxygens (including phenoxy) is 1. The Morgan fingerprint density at radius 1 is 1.33 bits per heavy atom. The van der Waals surface area contributed by atoms with Gasteiger partial charge in [-0.1, -0.05) is 0 Å². The number of nitrogens with two attached hydrogens (primary N) is 1. The molecule has 15 heavy (non-hydrogen) atoms. The summed E-state index contributed by atoms with van der Waals surface area (Å²) in [6, 6.07) is 6.48. The summed E-state index contributed by atoms with van der Waals surface area (Å²) in [4.78, 5) is 10.8. The Morgan fingerprint density at radius 2 is 1.87 bits per heavy atom. The Morgan fingerprint density at radius 3 is 2.27 bits per heavy atom. The first-order valence-corrected chi connectivity index (χ1v) is 4.75. The van der Waals surface area contributed by atoms with E-state index in [0.29, 0.717) is 11.3 Å². The van der Waals surface area contributed by atoms with E-state index in [9.17, 15) is 9.90 Å². The number of rotatable bonds is 4. The lowest BCUT2D eigenvalue weighted by atomic mass is 10.2. The van der Waals surface area contributed by atoms with E-state index in [1.165, 1.54) is 0 Å². The number of aliphatic hydroxyl groups excluding tert-OH is 1. The molecule has 4 nitrogen and oxygen atoms in total. The van der Waals surface area contributed by atoms with Crippen molar-refractivity contribution in [2.75, 3.05) is 0 Å². The van der Waals surface area contributed by atoms with Gasteiger partial charge >= 0.3 is 0 Å². The fourth-order valence-electron chi connectivity index (χ4n) is 1.01. The van der Waals surface area contributed by atoms with Gasteiger partial charge in [0.15, 0.2) is 0 Å². The molecule has 0 aromatic heterocycles. The largest absolute Gasteiger partial charge is 0.488 e. The van der Waals surface area contributed by atoms with Crippen LogP contribution in [0.1, 0.15) is 24.2 Å². The molecular weight excluding hydrogens is 194 g/mol. The lowest BCUT2D eigenvalue weighted by Crippen LogP contribution is -2.25. The van der Waals surface area contributed by atoms with Crippen molar-refractivity contribution in [3.8, 4) is 5.75 Å². The molecule has 0 aliphatic heterocycles. The maximum absolute atomic E-state index is 10.8. The van der Waals surface area contributed by atoms with Crippen molar-refractivity contribution in [3.05, 3.63) is 29.8 Å². The van der Waals surface area contributed by atoms with E-state index in [0.717, 1.165) is 0 Å². The van der Waals surface area contributed by atoms with Gasteiger partial charge in [-0.15, -0.1) is 0 Å². The zero-order valence-electron chi connectivity index (χ0n) is 8.81. The number of hydrogen-bond acceptors (Lipinski definition) is 3. The second-order valence-electron chi connectivity index (χ2n) is 3.45. The van der Waals surface area contributed by atoms with Crippen LogP contribution < -0.4 is 10.5 Å². The van der Waals surface area contributed by atoms with Crippen molar-refractivity contribution in [1.82, 2.24) is 0 Å². The van der Waals surface area contributed by atoms with Crippen LogP contribution in [0.5, 0.6) is 5.75 Å². The smallest absolute Gasteiger partial charge is 0.248 e. The summed E-state index contributed by atoms with van der Waals surface area (Å²) in [7, 11) is 0. The third-order valence-electron chi connectivity index (χ3n) is 2.14. The van der Waals surface area contributed by atoms with Gasteiger partial charge in [0.05, 0.1) is 6.10 Å². The molecule has 0 radical (unpaired) electrons. The van der Waals surface area contributed by atoms with Crippen LogP contribution in [0.2, 0.25) is 0 Å². The third-order valence-corrected chi connectivity index (χ3v) is 2.14. The standard InChI is InChI=1S/C11H15NO3/c1-7(13)8(2)15-10-5-3-9(4-6-10)11(12)14/h3-8,13H,1-2H3,(H2,12,14). The summed E-state index contributed by atoms with van der Waals surface area (Å²) in [5, 5.41) is 9.23. The number of benzene rings is 1. The molecule has 0 bridgehead atoms. The number of carbonyl (C=O) groups excluding carboxylic acids is 1. The van der Waals surface area contributed by atoms with Crippen molar-refractivity contribution in [2.24, 2.45) is 5.73 Å². The van der Waals surface area contributed by atoms with E-state index in [1.54, 1.807) is 38.1 Å². The molecule has 3 N–H and O–H groups in total. The van der Waals surface area contributed by atoms with Crippen molar-refractivity contribution < 1.29 is 14.6 Å². The van der Waals surface area contributed by atoms with E-state index in [1.807, 2.05) is 0 Å². The summed E-state index contributed by atoms with van der Waals surface area (Å²) in [5.74, 6) is 0.138. The van der Waals surface area contributed by atoms with E-state index < -0.39 is 12.0 Å². The lowest BCUT2D eigenvalue weighted by molar-refractivity contribution is 0.0604. The molecular formula is C11H15NO3. The van der Waals surface area contributed by atoms with Crippen LogP contribution in [-0.4, -0.2) is 23.2 Å². The van der Waals surface area contributed by atoms with Crippen LogP contribution in [0, 0.1) is 0 Å². The van der Waals surface area contributed by atoms with Gasteiger partial charge in [-0.2, -0.15) is 0 Å². The second-order valence-corrected chi connectivity index (χ2v) is 3.45. The maximum Gasteiger partial charge on any atom is 0.248 e. The molecule has 0 aliphatic carbocycles. The summed E-state index contributed by atoms with van der Waals surface area (Å²) in [6.07, 6.45) is -0.828. The highest BCUT2D eigenvalue weighted by Crippen LogP contribution is 2.14. The Balaban J connectivity index is 2.68. The van der Waals surface area contributed by atoms with Crippen molar-refractivity contribution in [3.63, 3.8) is 0 Å². The van der Waals surface area contributed by atoms with Crippen LogP contribution >= 0.6 is 0 Å². The SMILES string of the molecule is CC(O)C(C)Oc1ccc(C(N)=O)cc1. The van der Waals surface area contributed by atoms with Gasteiger partial charge in [-0.05, 0) is 38.1 Å². The van der Waals surface area contributed by atoms with E-state index in [-0.39, 0.29) is 6.10 Å². The predicted molar refractivity (Wildman–Crippen MR) is 56.7 cm³/mol. The molecule has 0 saturated carbocycles. The van der Waals surface area contributed by atoms with Crippen LogP contribution in [-0.2, 0) is 0 Å². The van der Waals surface area contributed by atoms with Gasteiger partial charge in [-0.25, -0.2) is 0 Å². The lowest BCUT2D eigenvalue weighted by Gasteiger charge is -2.17. The highest BCUT2D eigenvalue weighted by molar-refractivity contribution is 5.92. The Kier molecular flexibility index (Phi) is 3.68. The Bertz CT molecular complexity index is 332. The van der Waals surface area contributed by atoms with Gasteiger partial charge in [-0.3, -0.25) is 4.79 Å². The number of primary amides is 1. The molecule has 1 aromatic carbocycles. The molecule has 1 amide bonds. The summed E-state index contributed by atoms with van der Waals surface area (Å²) in [5.41, 5.74) is 5.53. The average Bonchev–Trinajstić information content (AvgIpc) is 2.18. The number of hydrogen-bond donors (Lipinski definition) is 2. The minimum atomic E-state index is -0.541. The molecule has 0 saturated heterocycles. The molecule has 0 heterocycles. The normalized spacial score (nSPS) is 14.3. The van der Waals surface area contributed by atoms with E-state index in [2.05, 4.69) is 0 Å².